The van der Waals surface area contributed by atoms with Crippen LogP contribution in [-0.4, -0.2) is 65.2 Å². The number of pyridine rings is 1. The van der Waals surface area contributed by atoms with E-state index in [2.05, 4.69) is 23.7 Å². The predicted molar refractivity (Wildman–Crippen MR) is 168 cm³/mol. The quantitative estimate of drug-likeness (QED) is 0.180. The number of nitrogens with zero attached hydrogens (tertiary/aromatic N) is 4. The van der Waals surface area contributed by atoms with Gasteiger partial charge in [0.15, 0.2) is 10.7 Å². The zero-order valence-electron chi connectivity index (χ0n) is 26.2. The summed E-state index contributed by atoms with van der Waals surface area (Å²) in [7, 11) is 1.90. The number of ether oxygens (including phenoxy) is 2. The van der Waals surface area contributed by atoms with Gasteiger partial charge in [0.1, 0.15) is 28.2 Å². The molecule has 2 aromatic carbocycles. The van der Waals surface area contributed by atoms with Crippen molar-refractivity contribution in [3.8, 4) is 11.5 Å². The summed E-state index contributed by atoms with van der Waals surface area (Å²) in [5, 5.41) is -0.496. The molecule has 2 aliphatic rings. The maximum Gasteiger partial charge on any atom is 0.271 e. The van der Waals surface area contributed by atoms with E-state index in [1.54, 1.807) is 6.07 Å². The van der Waals surface area contributed by atoms with Crippen LogP contribution in [-0.2, 0) is 16.6 Å². The molecule has 0 radical (unpaired) electrons. The number of sulfonamides is 1. The van der Waals surface area contributed by atoms with E-state index in [9.17, 15) is 12.8 Å². The standard InChI is InChI=1S/C32H38ClF3N4O4S/c1-31(2,38(3)4)25-12-13-32(25)14-15-39(19-32)23-17-22(34)30(29(36)28(23)33)45(41,42)40(27-9-7-8-26(35)37-27)18-20-10-11-21(43-5)16-24(20)44-6/h7-11,16-17,25H,12-15,18-19H2,1-6H3/t25?,32-/m0/s1. The fourth-order valence-electron chi connectivity index (χ4n) is 6.81. The highest BCUT2D eigenvalue weighted by molar-refractivity contribution is 7.92. The van der Waals surface area contributed by atoms with Gasteiger partial charge in [-0.15, -0.1) is 0 Å². The molecular formula is C32H38ClF3N4O4S. The maximum atomic E-state index is 16.1. The van der Waals surface area contributed by atoms with E-state index in [0.717, 1.165) is 31.4 Å². The average molecular weight is 667 g/mol. The van der Waals surface area contributed by atoms with Crippen molar-refractivity contribution in [2.24, 2.45) is 11.3 Å². The van der Waals surface area contributed by atoms with Crippen molar-refractivity contribution < 1.29 is 31.1 Å². The van der Waals surface area contributed by atoms with Crippen LogP contribution in [0.5, 0.6) is 11.5 Å². The van der Waals surface area contributed by atoms with E-state index in [1.165, 1.54) is 38.5 Å². The summed E-state index contributed by atoms with van der Waals surface area (Å²) in [5.41, 5.74) is 0.303. The predicted octanol–water partition coefficient (Wildman–Crippen LogP) is 6.51. The van der Waals surface area contributed by atoms with Crippen molar-refractivity contribution >= 4 is 33.1 Å². The minimum Gasteiger partial charge on any atom is -0.497 e. The number of rotatable bonds is 10. The first-order valence-electron chi connectivity index (χ1n) is 14.6. The van der Waals surface area contributed by atoms with Gasteiger partial charge in [0.2, 0.25) is 5.95 Å². The molecule has 13 heteroatoms. The SMILES string of the molecule is COc1ccc(CN(c2cccc(F)n2)S(=O)(=O)c2c(F)cc(N3CC[C@@]4(CCC4C(C)(C)N(C)C)C3)c(Cl)c2F)c(OC)c1. The van der Waals surface area contributed by atoms with Gasteiger partial charge in [0, 0.05) is 36.3 Å². The average Bonchev–Trinajstić information content (AvgIpc) is 3.44. The highest BCUT2D eigenvalue weighted by Gasteiger charge is 2.56. The Labute approximate surface area is 267 Å². The lowest BCUT2D eigenvalue weighted by molar-refractivity contribution is -0.0539. The van der Waals surface area contributed by atoms with Crippen molar-refractivity contribution in [2.45, 2.75) is 50.1 Å². The summed E-state index contributed by atoms with van der Waals surface area (Å²) in [6, 6.07) is 9.14. The van der Waals surface area contributed by atoms with Crippen LogP contribution < -0.4 is 18.7 Å². The zero-order chi connectivity index (χ0) is 32.9. The number of halogens is 4. The number of anilines is 2. The Hall–Kier alpha value is -3.22. The molecule has 2 heterocycles. The fraction of sp³-hybridized carbons (Fsp3) is 0.469. The van der Waals surface area contributed by atoms with Crippen molar-refractivity contribution in [3.05, 3.63) is 70.6 Å². The molecule has 1 aromatic heterocycles. The third kappa shape index (κ3) is 5.81. The fourth-order valence-corrected chi connectivity index (χ4v) is 8.64. The van der Waals surface area contributed by atoms with Crippen molar-refractivity contribution in [1.82, 2.24) is 9.88 Å². The number of benzene rings is 2. The molecule has 5 rings (SSSR count). The van der Waals surface area contributed by atoms with Crippen molar-refractivity contribution in [2.75, 3.05) is 50.6 Å². The number of methoxy groups -OCH3 is 2. The third-order valence-electron chi connectivity index (χ3n) is 9.81. The Morgan fingerprint density at radius 1 is 1.09 bits per heavy atom. The summed E-state index contributed by atoms with van der Waals surface area (Å²) in [4.78, 5) is 6.50. The molecule has 2 atom stereocenters. The van der Waals surface area contributed by atoms with Gasteiger partial charge in [-0.2, -0.15) is 4.39 Å². The minimum absolute atomic E-state index is 0.0356. The third-order valence-corrected chi connectivity index (χ3v) is 12.0. The van der Waals surface area contributed by atoms with E-state index >= 15 is 8.78 Å². The normalized spacial score (nSPS) is 20.1. The van der Waals surface area contributed by atoms with Gasteiger partial charge >= 0.3 is 0 Å². The monoisotopic (exact) mass is 666 g/mol. The molecule has 8 nitrogen and oxygen atoms in total. The lowest BCUT2D eigenvalue weighted by Gasteiger charge is -2.57. The molecule has 45 heavy (non-hydrogen) atoms. The van der Waals surface area contributed by atoms with Crippen LogP contribution in [0.25, 0.3) is 0 Å². The zero-order valence-corrected chi connectivity index (χ0v) is 27.8. The second-order valence-electron chi connectivity index (χ2n) is 12.5. The largest absolute Gasteiger partial charge is 0.497 e. The van der Waals surface area contributed by atoms with Crippen LogP contribution in [0.15, 0.2) is 47.4 Å². The first-order valence-corrected chi connectivity index (χ1v) is 16.4. The van der Waals surface area contributed by atoms with Gasteiger partial charge in [-0.05, 0) is 82.8 Å². The second-order valence-corrected chi connectivity index (χ2v) is 14.7. The van der Waals surface area contributed by atoms with Crippen LogP contribution in [0.4, 0.5) is 24.7 Å². The maximum absolute atomic E-state index is 16.1. The van der Waals surface area contributed by atoms with Crippen LogP contribution in [0.1, 0.15) is 38.7 Å². The first kappa shape index (κ1) is 33.2. The first-order chi connectivity index (χ1) is 21.2. The van der Waals surface area contributed by atoms with Crippen molar-refractivity contribution in [1.29, 1.82) is 0 Å². The Bertz CT molecular complexity index is 1710. The van der Waals surface area contributed by atoms with E-state index in [-0.39, 0.29) is 28.2 Å². The molecule has 0 N–H and O–H groups in total. The van der Waals surface area contributed by atoms with Crippen LogP contribution in [0, 0.1) is 28.9 Å². The second kappa shape index (κ2) is 12.2. The van der Waals surface area contributed by atoms with Gasteiger partial charge in [-0.3, -0.25) is 0 Å². The van der Waals surface area contributed by atoms with Gasteiger partial charge in [0.25, 0.3) is 10.0 Å². The molecule has 1 aliphatic carbocycles. The van der Waals surface area contributed by atoms with Gasteiger partial charge in [-0.1, -0.05) is 17.7 Å². The Morgan fingerprint density at radius 2 is 1.82 bits per heavy atom. The molecule has 1 aliphatic heterocycles. The molecule has 1 spiro atoms. The van der Waals surface area contributed by atoms with E-state index in [1.807, 2.05) is 19.0 Å². The van der Waals surface area contributed by atoms with Gasteiger partial charge < -0.3 is 19.3 Å². The summed E-state index contributed by atoms with van der Waals surface area (Å²) in [6.45, 7) is 5.00. The molecule has 1 saturated heterocycles. The number of hydrogen-bond donors (Lipinski definition) is 0. The molecule has 0 bridgehead atoms. The highest BCUT2D eigenvalue weighted by atomic mass is 35.5. The molecule has 1 unspecified atom stereocenters. The highest BCUT2D eigenvalue weighted by Crippen LogP contribution is 2.58. The summed E-state index contributed by atoms with van der Waals surface area (Å²) in [6.07, 6.45) is 2.87. The topological polar surface area (TPSA) is 75.2 Å². The molecular weight excluding hydrogens is 629 g/mol. The Morgan fingerprint density at radius 3 is 2.42 bits per heavy atom. The number of aromatic nitrogens is 1. The van der Waals surface area contributed by atoms with Gasteiger partial charge in [-0.25, -0.2) is 26.5 Å². The lowest BCUT2D eigenvalue weighted by Crippen LogP contribution is -2.58. The van der Waals surface area contributed by atoms with E-state index < -0.39 is 44.1 Å². The summed E-state index contributed by atoms with van der Waals surface area (Å²) < 4.78 is 85.8. The van der Waals surface area contributed by atoms with E-state index in [0.29, 0.717) is 34.6 Å². The lowest BCUT2D eigenvalue weighted by atomic mass is 9.53. The molecule has 244 valence electrons. The van der Waals surface area contributed by atoms with E-state index in [4.69, 9.17) is 21.1 Å². The van der Waals surface area contributed by atoms with Crippen LogP contribution in [0.3, 0.4) is 0 Å². The number of hydrogen-bond acceptors (Lipinski definition) is 7. The molecule has 2 fully saturated rings. The minimum atomic E-state index is -5.03. The Balaban J connectivity index is 1.53. The molecule has 1 saturated carbocycles. The molecule has 3 aromatic rings. The van der Waals surface area contributed by atoms with Crippen molar-refractivity contribution in [3.63, 3.8) is 0 Å². The van der Waals surface area contributed by atoms with Crippen LogP contribution >= 0.6 is 11.6 Å². The molecule has 0 amide bonds. The smallest absolute Gasteiger partial charge is 0.271 e. The van der Waals surface area contributed by atoms with Crippen LogP contribution in [0.2, 0.25) is 5.02 Å². The van der Waals surface area contributed by atoms with Gasteiger partial charge in [0.05, 0.1) is 26.5 Å². The summed E-state index contributed by atoms with van der Waals surface area (Å²) >= 11 is 6.52. The Kier molecular flexibility index (Phi) is 8.98. The summed E-state index contributed by atoms with van der Waals surface area (Å²) in [5.74, 6) is -3.03.